The van der Waals surface area contributed by atoms with Gasteiger partial charge >= 0.3 is 82.1 Å². The molecule has 1 aromatic rings. The Balaban J connectivity index is 2.74. The molecule has 0 saturated carbocycles. The van der Waals surface area contributed by atoms with Crippen molar-refractivity contribution < 1.29 is 30.9 Å². The first-order valence-electron chi connectivity index (χ1n) is 3.38. The van der Waals surface area contributed by atoms with E-state index in [9.17, 15) is 4.79 Å². The van der Waals surface area contributed by atoms with Crippen molar-refractivity contribution in [1.82, 2.24) is 0 Å². The molecule has 0 heterocycles. The molecule has 53 valence electrons. The molecule has 0 unspecified atom stereocenters. The van der Waals surface area contributed by atoms with Crippen molar-refractivity contribution in [3.05, 3.63) is 24.3 Å². The van der Waals surface area contributed by atoms with E-state index in [2.05, 4.69) is 5.32 Å². The molecule has 1 N–H and O–H groups in total. The number of anilines is 1. The Hall–Kier alpha value is -0.375. The molecule has 0 aliphatic heterocycles. The molecular formula is C8H8HgNO. The van der Waals surface area contributed by atoms with Crippen molar-refractivity contribution in [1.29, 1.82) is 0 Å². The van der Waals surface area contributed by atoms with Crippen LogP contribution in [0.3, 0.4) is 0 Å². The third-order valence-electron chi connectivity index (χ3n) is 1.27. The number of carbonyl (C=O) groups is 1. The van der Waals surface area contributed by atoms with Gasteiger partial charge in [0.1, 0.15) is 0 Å². The molecule has 1 rings (SSSR count). The van der Waals surface area contributed by atoms with Crippen LogP contribution in [-0.2, 0) is 30.9 Å². The van der Waals surface area contributed by atoms with Crippen LogP contribution in [0.2, 0.25) is 0 Å². The summed E-state index contributed by atoms with van der Waals surface area (Å²) in [4.78, 5) is 10.6. The van der Waals surface area contributed by atoms with Crippen LogP contribution in [-0.4, -0.2) is 5.91 Å². The minimum atomic E-state index is -0.0176. The van der Waals surface area contributed by atoms with Crippen molar-refractivity contribution in [2.75, 3.05) is 5.32 Å². The van der Waals surface area contributed by atoms with Gasteiger partial charge in [0, 0.05) is 0 Å². The summed E-state index contributed by atoms with van der Waals surface area (Å²) in [5.74, 6) is -0.0176. The molecule has 3 heteroatoms. The number of hydrogen-bond donors (Lipinski definition) is 1. The van der Waals surface area contributed by atoms with Crippen LogP contribution < -0.4 is 8.39 Å². The normalized spacial score (nSPS) is 9.36. The molecule has 1 aromatic carbocycles. The van der Waals surface area contributed by atoms with Crippen molar-refractivity contribution >= 4 is 14.7 Å². The first-order chi connectivity index (χ1) is 5.18. The second kappa shape index (κ2) is 3.86. The first kappa shape index (κ1) is 8.72. The average Bonchev–Trinajstić information content (AvgIpc) is 1.93. The summed E-state index contributed by atoms with van der Waals surface area (Å²) >= 11 is 0.676. The van der Waals surface area contributed by atoms with Gasteiger partial charge in [-0.05, 0) is 0 Å². The number of hydrogen-bond acceptors (Lipinski definition) is 1. The molecule has 0 aliphatic carbocycles. The molecule has 11 heavy (non-hydrogen) atoms. The topological polar surface area (TPSA) is 29.1 Å². The summed E-state index contributed by atoms with van der Waals surface area (Å²) in [5.41, 5.74) is 0.881. The molecule has 0 aromatic heterocycles. The van der Waals surface area contributed by atoms with Crippen LogP contribution in [0.4, 0.5) is 5.69 Å². The first-order valence-corrected chi connectivity index (χ1v) is 6.13. The molecule has 0 fully saturated rings. The van der Waals surface area contributed by atoms with E-state index in [1.165, 1.54) is 10.00 Å². The van der Waals surface area contributed by atoms with E-state index in [1.807, 2.05) is 24.3 Å². The fourth-order valence-electron chi connectivity index (χ4n) is 0.791. The predicted octanol–water partition coefficient (Wildman–Crippen LogP) is 0.817. The zero-order chi connectivity index (χ0) is 8.27. The number of nitrogens with one attached hydrogen (secondary N) is 1. The Labute approximate surface area is 82.0 Å². The molecule has 0 aliphatic rings. The maximum atomic E-state index is 10.6. The fourth-order valence-corrected chi connectivity index (χ4v) is 1.71. The Morgan fingerprint density at radius 3 is 2.36 bits per heavy atom. The summed E-state index contributed by atoms with van der Waals surface area (Å²) in [6, 6.07) is 7.97. The Bertz CT molecular complexity index is 255. The maximum absolute atomic E-state index is 10.6. The quantitative estimate of drug-likeness (QED) is 0.757. The Morgan fingerprint density at radius 1 is 1.36 bits per heavy atom. The number of rotatable bonds is 1. The van der Waals surface area contributed by atoms with Crippen LogP contribution in [0.25, 0.3) is 0 Å². The third-order valence-corrected chi connectivity index (χ3v) is 3.11. The van der Waals surface area contributed by atoms with Crippen LogP contribution in [0.15, 0.2) is 24.3 Å². The van der Waals surface area contributed by atoms with Gasteiger partial charge in [0.25, 0.3) is 0 Å². The van der Waals surface area contributed by atoms with Gasteiger partial charge in [-0.15, -0.1) is 0 Å². The summed E-state index contributed by atoms with van der Waals surface area (Å²) < 4.78 is 1.39. The third kappa shape index (κ3) is 3.01. The van der Waals surface area contributed by atoms with E-state index in [-0.39, 0.29) is 5.91 Å². The van der Waals surface area contributed by atoms with Crippen LogP contribution in [0.1, 0.15) is 6.92 Å². The van der Waals surface area contributed by atoms with E-state index in [4.69, 9.17) is 0 Å². The van der Waals surface area contributed by atoms with E-state index >= 15 is 0 Å². The number of amides is 1. The molecule has 0 spiro atoms. The van der Waals surface area contributed by atoms with Gasteiger partial charge in [-0.1, -0.05) is 0 Å². The Kier molecular flexibility index (Phi) is 3.06. The molecular weight excluding hydrogens is 327 g/mol. The average molecular weight is 335 g/mol. The zero-order valence-electron chi connectivity index (χ0n) is 6.42. The summed E-state index contributed by atoms with van der Waals surface area (Å²) in [6.07, 6.45) is 0. The second-order valence-corrected chi connectivity index (χ2v) is 5.55. The zero-order valence-corrected chi connectivity index (χ0v) is 11.9. The van der Waals surface area contributed by atoms with E-state index in [0.29, 0.717) is 26.1 Å². The molecule has 0 atom stereocenters. The fraction of sp³-hybridized carbons (Fsp3) is 0.125. The van der Waals surface area contributed by atoms with Gasteiger partial charge < -0.3 is 0 Å². The van der Waals surface area contributed by atoms with Gasteiger partial charge in [-0.25, -0.2) is 0 Å². The number of benzene rings is 1. The molecule has 2 nitrogen and oxygen atoms in total. The van der Waals surface area contributed by atoms with E-state index < -0.39 is 0 Å². The van der Waals surface area contributed by atoms with Crippen molar-refractivity contribution in [2.24, 2.45) is 0 Å². The molecule has 0 bridgehead atoms. The van der Waals surface area contributed by atoms with Crippen molar-refractivity contribution in [3.63, 3.8) is 0 Å². The molecule has 0 radical (unpaired) electrons. The van der Waals surface area contributed by atoms with Crippen molar-refractivity contribution in [2.45, 2.75) is 6.92 Å². The summed E-state index contributed by atoms with van der Waals surface area (Å²) in [5, 5.41) is 2.71. The summed E-state index contributed by atoms with van der Waals surface area (Å²) in [7, 11) is 0. The van der Waals surface area contributed by atoms with Gasteiger partial charge in [0.15, 0.2) is 0 Å². The van der Waals surface area contributed by atoms with E-state index in [1.54, 1.807) is 0 Å². The summed E-state index contributed by atoms with van der Waals surface area (Å²) in [6.45, 7) is 1.51. The van der Waals surface area contributed by atoms with Crippen molar-refractivity contribution in [3.8, 4) is 0 Å². The van der Waals surface area contributed by atoms with Gasteiger partial charge in [0.05, 0.1) is 0 Å². The van der Waals surface area contributed by atoms with Gasteiger partial charge in [-0.2, -0.15) is 0 Å². The van der Waals surface area contributed by atoms with E-state index in [0.717, 1.165) is 5.69 Å². The standard InChI is InChI=1S/C8H8NO.Hg/c1-7(10)9-8-5-3-2-4-6-8;/h3-6H,1H3,(H,9,10);. The SMILES string of the molecule is CC(=O)Nc1cc[c]([Hg])cc1. The van der Waals surface area contributed by atoms with Crippen LogP contribution in [0.5, 0.6) is 0 Å². The number of carbonyl (C=O) groups excluding carboxylic acids is 1. The Morgan fingerprint density at radius 2 is 1.91 bits per heavy atom. The van der Waals surface area contributed by atoms with Gasteiger partial charge in [0.2, 0.25) is 0 Å². The molecule has 1 amide bonds. The monoisotopic (exact) mass is 336 g/mol. The molecule has 0 saturated heterocycles. The van der Waals surface area contributed by atoms with Crippen LogP contribution >= 0.6 is 0 Å². The van der Waals surface area contributed by atoms with Gasteiger partial charge in [-0.3, -0.25) is 0 Å². The minimum absolute atomic E-state index is 0.0176. The second-order valence-electron chi connectivity index (χ2n) is 2.38. The predicted molar refractivity (Wildman–Crippen MR) is 40.4 cm³/mol. The van der Waals surface area contributed by atoms with Crippen LogP contribution in [0, 0.1) is 0 Å².